The van der Waals surface area contributed by atoms with E-state index in [0.29, 0.717) is 54.2 Å². The summed E-state index contributed by atoms with van der Waals surface area (Å²) in [5.74, 6) is -1.89. The number of H-pyrrole nitrogens is 1. The van der Waals surface area contributed by atoms with E-state index in [-0.39, 0.29) is 12.8 Å². The smallest absolute Gasteiger partial charge is 0.325 e. The third-order valence-corrected chi connectivity index (χ3v) is 5.98. The van der Waals surface area contributed by atoms with Crippen molar-refractivity contribution in [3.05, 3.63) is 53.9 Å². The molecule has 180 valence electrons. The highest BCUT2D eigenvalue weighted by Gasteiger charge is 2.33. The van der Waals surface area contributed by atoms with Crippen molar-refractivity contribution in [2.75, 3.05) is 36.4 Å². The molecule has 0 radical (unpaired) electrons. The molecule has 4 rings (SSSR count). The minimum Gasteiger partial charge on any atom is -0.481 e. The van der Waals surface area contributed by atoms with E-state index in [0.717, 1.165) is 5.52 Å². The third-order valence-electron chi connectivity index (χ3n) is 5.98. The molecular weight excluding hydrogens is 452 g/mol. The lowest BCUT2D eigenvalue weighted by Crippen LogP contribution is -2.49. The number of amides is 1. The highest BCUT2D eigenvalue weighted by Crippen LogP contribution is 2.32. The van der Waals surface area contributed by atoms with Gasteiger partial charge >= 0.3 is 11.9 Å². The summed E-state index contributed by atoms with van der Waals surface area (Å²) >= 11 is 0. The Kier molecular flexibility index (Phi) is 6.93. The number of carbonyl (C=O) groups excluding carboxylic acids is 1. The van der Waals surface area contributed by atoms with E-state index in [2.05, 4.69) is 21.4 Å². The Morgan fingerprint density at radius 3 is 2.60 bits per heavy atom. The maximum Gasteiger partial charge on any atom is 0.325 e. The highest BCUT2D eigenvalue weighted by molar-refractivity contribution is 5.96. The monoisotopic (exact) mass is 476 g/mol. The van der Waals surface area contributed by atoms with Gasteiger partial charge in [-0.15, -0.1) is 0 Å². The number of anilines is 2. The van der Waals surface area contributed by atoms with E-state index in [1.54, 1.807) is 42.7 Å². The fourth-order valence-corrected chi connectivity index (χ4v) is 4.30. The number of aromatic amines is 1. The zero-order valence-electron chi connectivity index (χ0n) is 18.8. The van der Waals surface area contributed by atoms with Crippen LogP contribution in [0.15, 0.2) is 42.7 Å². The second kappa shape index (κ2) is 10.2. The van der Waals surface area contributed by atoms with Gasteiger partial charge in [0.05, 0.1) is 12.0 Å². The van der Waals surface area contributed by atoms with Crippen LogP contribution in [0.3, 0.4) is 0 Å². The SMILES string of the molecule is N#Cc1cccnc1N1CCN([C@H](C(=O)O)c2c[nH]c3ccc(NC(=O)CCC(=O)O)cc23)CC1. The van der Waals surface area contributed by atoms with Gasteiger partial charge in [-0.1, -0.05) is 0 Å². The van der Waals surface area contributed by atoms with Crippen LogP contribution >= 0.6 is 0 Å². The Labute approximate surface area is 200 Å². The number of carbonyl (C=O) groups is 3. The molecule has 4 N–H and O–H groups in total. The minimum atomic E-state index is -1.06. The summed E-state index contributed by atoms with van der Waals surface area (Å²) in [4.78, 5) is 46.4. The Morgan fingerprint density at radius 2 is 1.91 bits per heavy atom. The topological polar surface area (TPSA) is 163 Å². The number of hydrogen-bond acceptors (Lipinski definition) is 7. The molecule has 0 spiro atoms. The number of fused-ring (bicyclic) bond motifs is 1. The maximum atomic E-state index is 12.4. The van der Waals surface area contributed by atoms with Crippen LogP contribution in [0.4, 0.5) is 11.5 Å². The van der Waals surface area contributed by atoms with Crippen LogP contribution in [0.25, 0.3) is 10.9 Å². The van der Waals surface area contributed by atoms with Crippen molar-refractivity contribution in [2.24, 2.45) is 0 Å². The molecule has 1 amide bonds. The Morgan fingerprint density at radius 1 is 1.14 bits per heavy atom. The lowest BCUT2D eigenvalue weighted by atomic mass is 10.0. The first-order valence-electron chi connectivity index (χ1n) is 11.1. The number of carboxylic acids is 2. The first kappa shape index (κ1) is 23.7. The standard InChI is InChI=1S/C24H24N6O5/c25-13-15-2-1-7-26-23(15)30-10-8-29(9-11-30)22(24(34)35)18-14-27-19-4-3-16(12-17(18)19)28-20(31)5-6-21(32)33/h1-4,7,12,14,22,27H,5-6,8-11H2,(H,28,31)(H,32,33)(H,34,35)/t22-/m0/s1. The number of piperazine rings is 1. The van der Waals surface area contributed by atoms with E-state index in [9.17, 15) is 24.8 Å². The molecular formula is C24H24N6O5. The van der Waals surface area contributed by atoms with Crippen LogP contribution in [0.2, 0.25) is 0 Å². The average Bonchev–Trinajstić information content (AvgIpc) is 3.26. The van der Waals surface area contributed by atoms with E-state index in [1.807, 2.05) is 9.80 Å². The second-order valence-corrected chi connectivity index (χ2v) is 8.20. The van der Waals surface area contributed by atoms with Crippen molar-refractivity contribution >= 4 is 40.3 Å². The lowest BCUT2D eigenvalue weighted by Gasteiger charge is -2.38. The lowest BCUT2D eigenvalue weighted by molar-refractivity contribution is -0.143. The van der Waals surface area contributed by atoms with E-state index in [4.69, 9.17) is 5.11 Å². The van der Waals surface area contributed by atoms with Gasteiger partial charge in [0.15, 0.2) is 0 Å². The van der Waals surface area contributed by atoms with E-state index < -0.39 is 23.9 Å². The molecule has 0 aliphatic carbocycles. The first-order chi connectivity index (χ1) is 16.9. The predicted octanol–water partition coefficient (Wildman–Crippen LogP) is 2.19. The Bertz CT molecular complexity index is 1310. The summed E-state index contributed by atoms with van der Waals surface area (Å²) in [7, 11) is 0. The number of hydrogen-bond donors (Lipinski definition) is 4. The van der Waals surface area contributed by atoms with Crippen molar-refractivity contribution in [3.63, 3.8) is 0 Å². The molecule has 1 aromatic carbocycles. The predicted molar refractivity (Wildman–Crippen MR) is 127 cm³/mol. The molecule has 1 aliphatic rings. The van der Waals surface area contributed by atoms with Crippen molar-refractivity contribution < 1.29 is 24.6 Å². The molecule has 3 aromatic rings. The normalized spacial score (nSPS) is 14.9. The number of nitrogens with zero attached hydrogens (tertiary/aromatic N) is 4. The molecule has 0 unspecified atom stereocenters. The van der Waals surface area contributed by atoms with Gasteiger partial charge in [0.25, 0.3) is 0 Å². The molecule has 1 saturated heterocycles. The van der Waals surface area contributed by atoms with Crippen LogP contribution in [-0.2, 0) is 14.4 Å². The molecule has 2 aromatic heterocycles. The van der Waals surface area contributed by atoms with E-state index >= 15 is 0 Å². The molecule has 0 bridgehead atoms. The number of nitrogens with one attached hydrogen (secondary N) is 2. The van der Waals surface area contributed by atoms with Crippen molar-refractivity contribution in [2.45, 2.75) is 18.9 Å². The van der Waals surface area contributed by atoms with E-state index in [1.165, 1.54) is 0 Å². The van der Waals surface area contributed by atoms with Gasteiger partial charge in [0.1, 0.15) is 17.9 Å². The van der Waals surface area contributed by atoms with Crippen molar-refractivity contribution in [3.8, 4) is 6.07 Å². The summed E-state index contributed by atoms with van der Waals surface area (Å²) in [6.45, 7) is 1.94. The number of aromatic nitrogens is 2. The average molecular weight is 476 g/mol. The van der Waals surface area contributed by atoms with Gasteiger partial charge < -0.3 is 25.4 Å². The number of nitriles is 1. The number of pyridine rings is 1. The molecule has 11 heteroatoms. The van der Waals surface area contributed by atoms with Gasteiger partial charge in [-0.3, -0.25) is 19.3 Å². The molecule has 11 nitrogen and oxygen atoms in total. The van der Waals surface area contributed by atoms with Crippen molar-refractivity contribution in [1.29, 1.82) is 5.26 Å². The summed E-state index contributed by atoms with van der Waals surface area (Å²) in [6.07, 6.45) is 2.87. The third kappa shape index (κ3) is 5.23. The van der Waals surface area contributed by atoms with Gasteiger partial charge in [0, 0.05) is 67.1 Å². The highest BCUT2D eigenvalue weighted by atomic mass is 16.4. The van der Waals surface area contributed by atoms with Gasteiger partial charge in [-0.2, -0.15) is 5.26 Å². The molecule has 1 fully saturated rings. The van der Waals surface area contributed by atoms with Crippen LogP contribution in [0.1, 0.15) is 30.0 Å². The Balaban J connectivity index is 1.53. The molecule has 0 saturated carbocycles. The summed E-state index contributed by atoms with van der Waals surface area (Å²) in [5.41, 5.74) is 2.23. The zero-order chi connectivity index (χ0) is 24.9. The van der Waals surface area contributed by atoms with Crippen molar-refractivity contribution in [1.82, 2.24) is 14.9 Å². The fourth-order valence-electron chi connectivity index (χ4n) is 4.30. The number of carboxylic acid groups (broad SMARTS) is 2. The zero-order valence-corrected chi connectivity index (χ0v) is 18.8. The number of benzene rings is 1. The quantitative estimate of drug-likeness (QED) is 0.382. The van der Waals surface area contributed by atoms with Crippen LogP contribution in [0, 0.1) is 11.3 Å². The van der Waals surface area contributed by atoms with Crippen LogP contribution in [0.5, 0.6) is 0 Å². The summed E-state index contributed by atoms with van der Waals surface area (Å²) in [5, 5.41) is 31.6. The minimum absolute atomic E-state index is 0.154. The van der Waals surface area contributed by atoms with Crippen LogP contribution < -0.4 is 10.2 Å². The van der Waals surface area contributed by atoms with Gasteiger partial charge in [-0.05, 0) is 30.3 Å². The maximum absolute atomic E-state index is 12.4. The van der Waals surface area contributed by atoms with Gasteiger partial charge in [0.2, 0.25) is 5.91 Å². The molecule has 1 aliphatic heterocycles. The van der Waals surface area contributed by atoms with Gasteiger partial charge in [-0.25, -0.2) is 4.98 Å². The number of rotatable bonds is 8. The molecule has 3 heterocycles. The summed E-state index contributed by atoms with van der Waals surface area (Å²) in [6, 6.07) is 9.76. The largest absolute Gasteiger partial charge is 0.481 e. The molecule has 1 atom stereocenters. The van der Waals surface area contributed by atoms with Crippen LogP contribution in [-0.4, -0.2) is 69.1 Å². The number of aliphatic carboxylic acids is 2. The second-order valence-electron chi connectivity index (χ2n) is 8.20. The first-order valence-corrected chi connectivity index (χ1v) is 11.1. The molecule has 35 heavy (non-hydrogen) atoms. The summed E-state index contributed by atoms with van der Waals surface area (Å²) < 4.78 is 0. The fraction of sp³-hybridized carbons (Fsp3) is 0.292. The Hall–Kier alpha value is -4.43.